The second kappa shape index (κ2) is 6.42. The maximum Gasteiger partial charge on any atom is 0.387 e. The standard InChI is InChI=1S/C14H14F2N2O4/c15-14(16)22-9-3-1-2-7(4-9)11(18)12-10(17)5-8(6-21-12)13(19)20/h1-4,8,14,17H,5-6,18H2,(H,19,20). The first-order chi connectivity index (χ1) is 10.4. The van der Waals surface area contributed by atoms with Crippen LogP contribution in [0.15, 0.2) is 30.0 Å². The first kappa shape index (κ1) is 15.7. The number of ether oxygens (including phenoxy) is 2. The number of carboxylic acid groups (broad SMARTS) is 1. The Hall–Kier alpha value is -2.64. The van der Waals surface area contributed by atoms with Gasteiger partial charge in [-0.15, -0.1) is 0 Å². The zero-order valence-electron chi connectivity index (χ0n) is 11.4. The average Bonchev–Trinajstić information content (AvgIpc) is 2.46. The second-order valence-corrected chi connectivity index (χ2v) is 4.68. The summed E-state index contributed by atoms with van der Waals surface area (Å²) >= 11 is 0. The highest BCUT2D eigenvalue weighted by molar-refractivity contribution is 6.04. The third kappa shape index (κ3) is 3.51. The Morgan fingerprint density at radius 3 is 2.82 bits per heavy atom. The molecule has 0 aromatic heterocycles. The van der Waals surface area contributed by atoms with Crippen LogP contribution in [0.5, 0.6) is 5.75 Å². The van der Waals surface area contributed by atoms with Crippen LogP contribution in [0.1, 0.15) is 12.0 Å². The van der Waals surface area contributed by atoms with Crippen LogP contribution in [-0.4, -0.2) is 30.0 Å². The highest BCUT2D eigenvalue weighted by Crippen LogP contribution is 2.26. The summed E-state index contributed by atoms with van der Waals surface area (Å²) in [5.74, 6) is -1.85. The van der Waals surface area contributed by atoms with Gasteiger partial charge in [0, 0.05) is 12.0 Å². The summed E-state index contributed by atoms with van der Waals surface area (Å²) in [6.07, 6.45) is -0.00140. The van der Waals surface area contributed by atoms with Gasteiger partial charge in [0.25, 0.3) is 0 Å². The zero-order valence-corrected chi connectivity index (χ0v) is 11.4. The molecule has 1 heterocycles. The maximum absolute atomic E-state index is 12.2. The molecule has 1 fully saturated rings. The van der Waals surface area contributed by atoms with Crippen LogP contribution in [0.4, 0.5) is 8.78 Å². The summed E-state index contributed by atoms with van der Waals surface area (Å²) in [5.41, 5.74) is 6.29. The Morgan fingerprint density at radius 1 is 1.50 bits per heavy atom. The molecule has 1 aliphatic heterocycles. The molecule has 1 unspecified atom stereocenters. The fourth-order valence-corrected chi connectivity index (χ4v) is 2.04. The summed E-state index contributed by atoms with van der Waals surface area (Å²) in [6.45, 7) is -3.05. The second-order valence-electron chi connectivity index (χ2n) is 4.68. The predicted molar refractivity (Wildman–Crippen MR) is 73.6 cm³/mol. The highest BCUT2D eigenvalue weighted by atomic mass is 19.3. The molecule has 2 rings (SSSR count). The Morgan fingerprint density at radius 2 is 2.23 bits per heavy atom. The quantitative estimate of drug-likeness (QED) is 0.789. The lowest BCUT2D eigenvalue weighted by Gasteiger charge is -2.24. The molecule has 0 radical (unpaired) electrons. The van der Waals surface area contributed by atoms with E-state index in [1.54, 1.807) is 6.07 Å². The molecule has 118 valence electrons. The van der Waals surface area contributed by atoms with E-state index in [0.717, 1.165) is 0 Å². The van der Waals surface area contributed by atoms with Crippen LogP contribution < -0.4 is 10.5 Å². The molecule has 1 aromatic carbocycles. The lowest BCUT2D eigenvalue weighted by molar-refractivity contribution is -0.143. The lowest BCUT2D eigenvalue weighted by atomic mass is 9.97. The van der Waals surface area contributed by atoms with Crippen molar-refractivity contribution in [2.75, 3.05) is 6.61 Å². The van der Waals surface area contributed by atoms with E-state index >= 15 is 0 Å². The van der Waals surface area contributed by atoms with Crippen LogP contribution in [0.25, 0.3) is 5.70 Å². The Kier molecular flexibility index (Phi) is 4.59. The fraction of sp³-hybridized carbons (Fsp3) is 0.286. The van der Waals surface area contributed by atoms with Gasteiger partial charge in [-0.1, -0.05) is 12.1 Å². The molecular weight excluding hydrogens is 298 g/mol. The molecule has 1 aromatic rings. The number of hydrogen-bond donors (Lipinski definition) is 3. The molecule has 1 aliphatic rings. The fourth-order valence-electron chi connectivity index (χ4n) is 2.04. The van der Waals surface area contributed by atoms with Crippen LogP contribution in [0.3, 0.4) is 0 Å². The van der Waals surface area contributed by atoms with Crippen molar-refractivity contribution in [2.45, 2.75) is 13.0 Å². The molecule has 4 N–H and O–H groups in total. The van der Waals surface area contributed by atoms with Gasteiger partial charge in [0.2, 0.25) is 0 Å². The largest absolute Gasteiger partial charge is 0.489 e. The first-order valence-electron chi connectivity index (χ1n) is 6.37. The first-order valence-corrected chi connectivity index (χ1v) is 6.37. The predicted octanol–water partition coefficient (Wildman–Crippen LogP) is 2.06. The van der Waals surface area contributed by atoms with Gasteiger partial charge in [0.1, 0.15) is 12.4 Å². The molecule has 0 bridgehead atoms. The third-order valence-electron chi connectivity index (χ3n) is 3.12. The summed E-state index contributed by atoms with van der Waals surface area (Å²) in [4.78, 5) is 10.9. The van der Waals surface area contributed by atoms with Gasteiger partial charge in [0.15, 0.2) is 5.76 Å². The zero-order chi connectivity index (χ0) is 16.3. The van der Waals surface area contributed by atoms with E-state index in [1.165, 1.54) is 18.2 Å². The van der Waals surface area contributed by atoms with E-state index in [-0.39, 0.29) is 35.9 Å². The van der Waals surface area contributed by atoms with Gasteiger partial charge in [0.05, 0.1) is 17.3 Å². The van der Waals surface area contributed by atoms with Crippen LogP contribution >= 0.6 is 0 Å². The van der Waals surface area contributed by atoms with Gasteiger partial charge >= 0.3 is 12.6 Å². The van der Waals surface area contributed by atoms with Gasteiger partial charge in [-0.25, -0.2) is 0 Å². The number of hydrogen-bond acceptors (Lipinski definition) is 5. The van der Waals surface area contributed by atoms with Crippen LogP contribution in [0, 0.1) is 11.3 Å². The van der Waals surface area contributed by atoms with Crippen molar-refractivity contribution in [3.63, 3.8) is 0 Å². The number of benzene rings is 1. The number of nitrogens with one attached hydrogen (secondary N) is 1. The van der Waals surface area contributed by atoms with Gasteiger partial charge in [-0.3, -0.25) is 4.79 Å². The van der Waals surface area contributed by atoms with Gasteiger partial charge in [-0.2, -0.15) is 8.78 Å². The number of rotatable bonds is 4. The number of aliphatic carboxylic acids is 1. The monoisotopic (exact) mass is 312 g/mol. The van der Waals surface area contributed by atoms with E-state index in [2.05, 4.69) is 4.74 Å². The topological polar surface area (TPSA) is 106 Å². The van der Waals surface area contributed by atoms with Gasteiger partial charge in [-0.05, 0) is 12.1 Å². The van der Waals surface area contributed by atoms with Crippen molar-refractivity contribution in [3.05, 3.63) is 35.6 Å². The number of halogens is 2. The average molecular weight is 312 g/mol. The van der Waals surface area contributed by atoms with Crippen molar-refractivity contribution >= 4 is 17.4 Å². The summed E-state index contributed by atoms with van der Waals surface area (Å²) < 4.78 is 34.0. The Labute approximate surface area is 124 Å². The number of allylic oxidation sites excluding steroid dienone is 1. The minimum atomic E-state index is -2.95. The molecule has 22 heavy (non-hydrogen) atoms. The smallest absolute Gasteiger partial charge is 0.387 e. The van der Waals surface area contributed by atoms with Crippen molar-refractivity contribution in [1.29, 1.82) is 5.41 Å². The number of carbonyl (C=O) groups is 1. The summed E-state index contributed by atoms with van der Waals surface area (Å²) in [7, 11) is 0. The molecule has 1 saturated heterocycles. The minimum absolute atomic E-state index is 0.00140. The van der Waals surface area contributed by atoms with Crippen LogP contribution in [0.2, 0.25) is 0 Å². The van der Waals surface area contributed by atoms with E-state index in [9.17, 15) is 13.6 Å². The molecule has 1 atom stereocenters. The van der Waals surface area contributed by atoms with Crippen molar-refractivity contribution < 1.29 is 28.2 Å². The molecule has 0 spiro atoms. The van der Waals surface area contributed by atoms with E-state index in [0.29, 0.717) is 5.56 Å². The summed E-state index contributed by atoms with van der Waals surface area (Å²) in [5, 5.41) is 16.7. The Balaban J connectivity index is 2.25. The highest BCUT2D eigenvalue weighted by Gasteiger charge is 2.29. The molecule has 6 nitrogen and oxygen atoms in total. The van der Waals surface area contributed by atoms with Crippen molar-refractivity contribution in [2.24, 2.45) is 11.7 Å². The van der Waals surface area contributed by atoms with Crippen molar-refractivity contribution in [3.8, 4) is 5.75 Å². The molecular formula is C14H14F2N2O4. The van der Waals surface area contributed by atoms with E-state index in [4.69, 9.17) is 21.0 Å². The number of carboxylic acids is 1. The van der Waals surface area contributed by atoms with Gasteiger partial charge < -0.3 is 25.7 Å². The third-order valence-corrected chi connectivity index (χ3v) is 3.12. The number of alkyl halides is 2. The SMILES string of the molecule is N=C1CC(C(=O)O)COC1=C(N)c1cccc(OC(F)F)c1. The maximum atomic E-state index is 12.2. The Bertz CT molecular complexity index is 631. The molecule has 0 amide bonds. The van der Waals surface area contributed by atoms with Crippen LogP contribution in [-0.2, 0) is 9.53 Å². The van der Waals surface area contributed by atoms with Crippen molar-refractivity contribution in [1.82, 2.24) is 0 Å². The van der Waals surface area contributed by atoms with E-state index in [1.807, 2.05) is 0 Å². The molecule has 8 heteroatoms. The normalized spacial score (nSPS) is 20.5. The van der Waals surface area contributed by atoms with E-state index < -0.39 is 18.5 Å². The molecule has 0 aliphatic carbocycles. The molecule has 0 saturated carbocycles. The minimum Gasteiger partial charge on any atom is -0.489 e. The number of nitrogens with two attached hydrogens (primary N) is 1. The lowest BCUT2D eigenvalue weighted by Crippen LogP contribution is -2.30. The summed E-state index contributed by atoms with van der Waals surface area (Å²) in [6, 6.07) is 5.68.